The van der Waals surface area contributed by atoms with Crippen LogP contribution < -0.4 is 14.8 Å². The summed E-state index contributed by atoms with van der Waals surface area (Å²) in [5, 5.41) is 3.77. The van der Waals surface area contributed by atoms with E-state index in [9.17, 15) is 4.79 Å². The first kappa shape index (κ1) is 15.7. The van der Waals surface area contributed by atoms with Crippen molar-refractivity contribution in [2.75, 3.05) is 19.5 Å². The topological polar surface area (TPSA) is 47.6 Å². The molecule has 0 radical (unpaired) electrons. The highest BCUT2D eigenvalue weighted by Gasteiger charge is 2.24. The molecule has 0 fully saturated rings. The number of carbonyl (C=O) groups excluding carboxylic acids is 1. The van der Waals surface area contributed by atoms with Crippen LogP contribution >= 0.6 is 23.2 Å². The molecular formula is C17H13Cl2NO3. The van der Waals surface area contributed by atoms with Crippen molar-refractivity contribution in [2.45, 2.75) is 0 Å². The van der Waals surface area contributed by atoms with Crippen LogP contribution in [0.2, 0.25) is 10.0 Å². The zero-order valence-electron chi connectivity index (χ0n) is 12.4. The molecule has 0 bridgehead atoms. The zero-order chi connectivity index (χ0) is 16.6. The van der Waals surface area contributed by atoms with Crippen molar-refractivity contribution in [2.24, 2.45) is 0 Å². The molecule has 0 aliphatic carbocycles. The van der Waals surface area contributed by atoms with E-state index in [1.54, 1.807) is 30.3 Å². The Morgan fingerprint density at radius 1 is 1.09 bits per heavy atom. The summed E-state index contributed by atoms with van der Waals surface area (Å²) in [6, 6.07) is 8.76. The Labute approximate surface area is 143 Å². The molecule has 23 heavy (non-hydrogen) atoms. The first-order chi connectivity index (χ1) is 11.0. The van der Waals surface area contributed by atoms with E-state index in [0.29, 0.717) is 32.8 Å². The van der Waals surface area contributed by atoms with E-state index in [4.69, 9.17) is 32.7 Å². The summed E-state index contributed by atoms with van der Waals surface area (Å²) in [4.78, 5) is 12.2. The van der Waals surface area contributed by atoms with Gasteiger partial charge in [-0.3, -0.25) is 4.79 Å². The SMILES string of the molecule is COc1cc(/C=C2/C(=O)Nc3cc(Cl)ccc32)cc(Cl)c1OC. The molecule has 4 nitrogen and oxygen atoms in total. The highest BCUT2D eigenvalue weighted by molar-refractivity contribution is 6.37. The normalized spacial score (nSPS) is 14.6. The average molecular weight is 350 g/mol. The molecular weight excluding hydrogens is 337 g/mol. The number of fused-ring (bicyclic) bond motifs is 1. The third-order valence-electron chi connectivity index (χ3n) is 3.53. The van der Waals surface area contributed by atoms with Gasteiger partial charge in [-0.1, -0.05) is 29.3 Å². The summed E-state index contributed by atoms with van der Waals surface area (Å²) in [6.07, 6.45) is 1.75. The number of rotatable bonds is 3. The first-order valence-corrected chi connectivity index (χ1v) is 7.53. The van der Waals surface area contributed by atoms with E-state index >= 15 is 0 Å². The lowest BCUT2D eigenvalue weighted by Crippen LogP contribution is -2.03. The molecule has 0 unspecified atom stereocenters. The maximum absolute atomic E-state index is 12.2. The predicted molar refractivity (Wildman–Crippen MR) is 92.5 cm³/mol. The van der Waals surface area contributed by atoms with Crippen molar-refractivity contribution in [1.82, 2.24) is 0 Å². The predicted octanol–water partition coefficient (Wildman–Crippen LogP) is 4.50. The Hall–Kier alpha value is -2.17. The Balaban J connectivity index is 2.09. The number of benzene rings is 2. The molecule has 0 atom stereocenters. The second-order valence-electron chi connectivity index (χ2n) is 4.94. The van der Waals surface area contributed by atoms with Crippen molar-refractivity contribution >= 4 is 46.4 Å². The van der Waals surface area contributed by atoms with Crippen molar-refractivity contribution in [1.29, 1.82) is 0 Å². The molecule has 6 heteroatoms. The summed E-state index contributed by atoms with van der Waals surface area (Å²) in [5.41, 5.74) is 2.77. The van der Waals surface area contributed by atoms with E-state index in [-0.39, 0.29) is 5.91 Å². The molecule has 0 saturated heterocycles. The van der Waals surface area contributed by atoms with Gasteiger partial charge in [0.15, 0.2) is 11.5 Å². The van der Waals surface area contributed by atoms with E-state index in [0.717, 1.165) is 11.1 Å². The Morgan fingerprint density at radius 3 is 2.57 bits per heavy atom. The van der Waals surface area contributed by atoms with Gasteiger partial charge in [0.2, 0.25) is 0 Å². The number of amides is 1. The summed E-state index contributed by atoms with van der Waals surface area (Å²) in [5.74, 6) is 0.772. The van der Waals surface area contributed by atoms with E-state index in [1.165, 1.54) is 14.2 Å². The van der Waals surface area contributed by atoms with Crippen LogP contribution in [0.5, 0.6) is 11.5 Å². The monoisotopic (exact) mass is 349 g/mol. The molecule has 0 spiro atoms. The number of hydrogen-bond acceptors (Lipinski definition) is 3. The molecule has 1 aliphatic heterocycles. The van der Waals surface area contributed by atoms with Crippen LogP contribution in [-0.2, 0) is 4.79 Å². The van der Waals surface area contributed by atoms with Crippen LogP contribution in [-0.4, -0.2) is 20.1 Å². The molecule has 2 aromatic rings. The van der Waals surface area contributed by atoms with Gasteiger partial charge in [0.1, 0.15) is 0 Å². The number of hydrogen-bond donors (Lipinski definition) is 1. The van der Waals surface area contributed by atoms with Gasteiger partial charge >= 0.3 is 0 Å². The van der Waals surface area contributed by atoms with Gasteiger partial charge in [-0.05, 0) is 35.9 Å². The molecule has 0 aromatic heterocycles. The zero-order valence-corrected chi connectivity index (χ0v) is 14.0. The minimum absolute atomic E-state index is 0.187. The second-order valence-corrected chi connectivity index (χ2v) is 5.78. The van der Waals surface area contributed by atoms with E-state index < -0.39 is 0 Å². The minimum Gasteiger partial charge on any atom is -0.493 e. The quantitative estimate of drug-likeness (QED) is 0.829. The highest BCUT2D eigenvalue weighted by Crippen LogP contribution is 2.39. The summed E-state index contributed by atoms with van der Waals surface area (Å²) in [7, 11) is 3.05. The van der Waals surface area contributed by atoms with Crippen molar-refractivity contribution < 1.29 is 14.3 Å². The van der Waals surface area contributed by atoms with Crippen LogP contribution in [0, 0.1) is 0 Å². The fourth-order valence-electron chi connectivity index (χ4n) is 2.50. The Bertz CT molecular complexity index is 831. The number of anilines is 1. The minimum atomic E-state index is -0.187. The smallest absolute Gasteiger partial charge is 0.256 e. The second kappa shape index (κ2) is 6.14. The molecule has 3 rings (SSSR count). The van der Waals surface area contributed by atoms with Crippen LogP contribution in [0.1, 0.15) is 11.1 Å². The number of carbonyl (C=O) groups is 1. The molecule has 0 saturated carbocycles. The van der Waals surface area contributed by atoms with Gasteiger partial charge in [-0.25, -0.2) is 0 Å². The summed E-state index contributed by atoms with van der Waals surface area (Å²) < 4.78 is 10.5. The third kappa shape index (κ3) is 2.87. The van der Waals surface area contributed by atoms with Gasteiger partial charge in [0.05, 0.1) is 24.9 Å². The van der Waals surface area contributed by atoms with Gasteiger partial charge in [0.25, 0.3) is 5.91 Å². The molecule has 118 valence electrons. The molecule has 1 amide bonds. The first-order valence-electron chi connectivity index (χ1n) is 6.78. The molecule has 1 heterocycles. The van der Waals surface area contributed by atoms with Gasteiger partial charge in [0, 0.05) is 16.2 Å². The lowest BCUT2D eigenvalue weighted by atomic mass is 10.0. The summed E-state index contributed by atoms with van der Waals surface area (Å²) >= 11 is 12.2. The maximum Gasteiger partial charge on any atom is 0.256 e. The Morgan fingerprint density at radius 2 is 1.87 bits per heavy atom. The highest BCUT2D eigenvalue weighted by atomic mass is 35.5. The fraction of sp³-hybridized carbons (Fsp3) is 0.118. The van der Waals surface area contributed by atoms with Crippen LogP contribution in [0.3, 0.4) is 0 Å². The standard InChI is InChI=1S/C17H13Cl2NO3/c1-22-15-7-9(6-13(19)16(15)23-2)5-12-11-4-3-10(18)8-14(11)20-17(12)21/h3-8H,1-2H3,(H,20,21)/b12-5+. The van der Waals surface area contributed by atoms with Crippen molar-refractivity contribution in [3.05, 3.63) is 51.5 Å². The van der Waals surface area contributed by atoms with Gasteiger partial charge in [-0.15, -0.1) is 0 Å². The summed E-state index contributed by atoms with van der Waals surface area (Å²) in [6.45, 7) is 0. The third-order valence-corrected chi connectivity index (χ3v) is 4.05. The maximum atomic E-state index is 12.2. The van der Waals surface area contributed by atoms with Gasteiger partial charge < -0.3 is 14.8 Å². The van der Waals surface area contributed by atoms with Crippen molar-refractivity contribution in [3.8, 4) is 11.5 Å². The molecule has 2 aromatic carbocycles. The Kier molecular flexibility index (Phi) is 4.20. The number of nitrogens with one attached hydrogen (secondary N) is 1. The lowest BCUT2D eigenvalue weighted by Gasteiger charge is -2.10. The largest absolute Gasteiger partial charge is 0.493 e. The lowest BCUT2D eigenvalue weighted by molar-refractivity contribution is -0.110. The molecule has 1 N–H and O–H groups in total. The van der Waals surface area contributed by atoms with E-state index in [1.807, 2.05) is 6.07 Å². The number of methoxy groups -OCH3 is 2. The van der Waals surface area contributed by atoms with Crippen molar-refractivity contribution in [3.63, 3.8) is 0 Å². The fourth-order valence-corrected chi connectivity index (χ4v) is 2.97. The number of ether oxygens (including phenoxy) is 2. The van der Waals surface area contributed by atoms with Crippen LogP contribution in [0.15, 0.2) is 30.3 Å². The average Bonchev–Trinajstić information content (AvgIpc) is 2.81. The number of halogens is 2. The molecule has 1 aliphatic rings. The van der Waals surface area contributed by atoms with E-state index in [2.05, 4.69) is 5.32 Å². The van der Waals surface area contributed by atoms with Gasteiger partial charge in [-0.2, -0.15) is 0 Å². The van der Waals surface area contributed by atoms with Crippen LogP contribution in [0.4, 0.5) is 5.69 Å². The van der Waals surface area contributed by atoms with Crippen LogP contribution in [0.25, 0.3) is 11.6 Å².